The summed E-state index contributed by atoms with van der Waals surface area (Å²) in [4.78, 5) is 14.1. The topological polar surface area (TPSA) is 58.4 Å². The summed E-state index contributed by atoms with van der Waals surface area (Å²) >= 11 is 0. The molecule has 20 heavy (non-hydrogen) atoms. The molecule has 1 rings (SSSR count). The van der Waals surface area contributed by atoms with Crippen LogP contribution in [0, 0.1) is 5.92 Å². The molecule has 4 heteroatoms. The lowest BCUT2D eigenvalue weighted by molar-refractivity contribution is -0.121. The van der Waals surface area contributed by atoms with E-state index < -0.39 is 0 Å². The van der Waals surface area contributed by atoms with Gasteiger partial charge >= 0.3 is 0 Å². The normalized spacial score (nSPS) is 24.6. The highest BCUT2D eigenvalue weighted by atomic mass is 16.1. The van der Waals surface area contributed by atoms with Crippen molar-refractivity contribution in [3.63, 3.8) is 0 Å². The molecule has 0 saturated heterocycles. The Morgan fingerprint density at radius 1 is 1.45 bits per heavy atom. The van der Waals surface area contributed by atoms with Gasteiger partial charge < -0.3 is 16.0 Å². The zero-order chi connectivity index (χ0) is 15.0. The zero-order valence-electron chi connectivity index (χ0n) is 13.5. The first kappa shape index (κ1) is 17.4. The molecule has 118 valence electrons. The van der Waals surface area contributed by atoms with Crippen LogP contribution in [0.15, 0.2) is 0 Å². The van der Waals surface area contributed by atoms with E-state index in [0.717, 1.165) is 38.8 Å². The van der Waals surface area contributed by atoms with E-state index in [1.165, 1.54) is 12.8 Å². The summed E-state index contributed by atoms with van der Waals surface area (Å²) in [5.74, 6) is 0.856. The summed E-state index contributed by atoms with van der Waals surface area (Å²) in [5, 5.41) is 3.03. The SMILES string of the molecule is CCC(C)N(C)CCNC(=O)CCC1CCCC(N)C1. The van der Waals surface area contributed by atoms with Gasteiger partial charge in [-0.25, -0.2) is 0 Å². The fourth-order valence-corrected chi connectivity index (χ4v) is 2.92. The summed E-state index contributed by atoms with van der Waals surface area (Å²) in [6, 6.07) is 0.941. The van der Waals surface area contributed by atoms with Crippen molar-refractivity contribution < 1.29 is 4.79 Å². The van der Waals surface area contributed by atoms with Crippen LogP contribution in [0.5, 0.6) is 0 Å². The third-order valence-electron chi connectivity index (χ3n) is 4.73. The van der Waals surface area contributed by atoms with Crippen molar-refractivity contribution in [2.24, 2.45) is 11.7 Å². The van der Waals surface area contributed by atoms with Gasteiger partial charge in [-0.1, -0.05) is 19.8 Å². The molecule has 0 bridgehead atoms. The van der Waals surface area contributed by atoms with Crippen molar-refractivity contribution in [1.29, 1.82) is 0 Å². The summed E-state index contributed by atoms with van der Waals surface area (Å²) in [6.45, 7) is 6.08. The Kier molecular flexibility index (Phi) is 8.15. The Balaban J connectivity index is 2.08. The van der Waals surface area contributed by atoms with Crippen LogP contribution in [-0.2, 0) is 4.79 Å². The molecule has 4 nitrogen and oxygen atoms in total. The van der Waals surface area contributed by atoms with E-state index in [4.69, 9.17) is 5.73 Å². The van der Waals surface area contributed by atoms with Gasteiger partial charge in [-0.2, -0.15) is 0 Å². The van der Waals surface area contributed by atoms with Crippen molar-refractivity contribution in [3.05, 3.63) is 0 Å². The molecule has 0 spiro atoms. The summed E-state index contributed by atoms with van der Waals surface area (Å²) in [6.07, 6.45) is 7.54. The number of carbonyl (C=O) groups is 1. The minimum Gasteiger partial charge on any atom is -0.355 e. The Bertz CT molecular complexity index is 283. The summed E-state index contributed by atoms with van der Waals surface area (Å²) < 4.78 is 0. The van der Waals surface area contributed by atoms with Crippen molar-refractivity contribution in [3.8, 4) is 0 Å². The molecule has 3 N–H and O–H groups in total. The third-order valence-corrected chi connectivity index (χ3v) is 4.73. The van der Waals surface area contributed by atoms with Crippen LogP contribution in [0.1, 0.15) is 58.8 Å². The molecule has 0 radical (unpaired) electrons. The lowest BCUT2D eigenvalue weighted by atomic mass is 9.83. The highest BCUT2D eigenvalue weighted by Crippen LogP contribution is 2.26. The number of rotatable bonds is 8. The zero-order valence-corrected chi connectivity index (χ0v) is 13.5. The van der Waals surface area contributed by atoms with Crippen LogP contribution in [0.4, 0.5) is 0 Å². The average molecular weight is 283 g/mol. The number of nitrogens with one attached hydrogen (secondary N) is 1. The van der Waals surface area contributed by atoms with Crippen LogP contribution in [0.2, 0.25) is 0 Å². The van der Waals surface area contributed by atoms with Crippen molar-refractivity contribution >= 4 is 5.91 Å². The summed E-state index contributed by atoms with van der Waals surface area (Å²) in [5.41, 5.74) is 5.98. The van der Waals surface area contributed by atoms with E-state index in [0.29, 0.717) is 24.4 Å². The van der Waals surface area contributed by atoms with Gasteiger partial charge in [-0.3, -0.25) is 4.79 Å². The summed E-state index contributed by atoms with van der Waals surface area (Å²) in [7, 11) is 2.11. The quantitative estimate of drug-likeness (QED) is 0.717. The molecule has 0 aromatic heterocycles. The number of nitrogens with zero attached hydrogens (tertiary/aromatic N) is 1. The molecular formula is C16H33N3O. The number of nitrogens with two attached hydrogens (primary N) is 1. The largest absolute Gasteiger partial charge is 0.355 e. The van der Waals surface area contributed by atoms with Gasteiger partial charge in [0.25, 0.3) is 0 Å². The van der Waals surface area contributed by atoms with E-state index in [2.05, 4.69) is 31.1 Å². The number of hydrogen-bond donors (Lipinski definition) is 2. The molecule has 1 amide bonds. The van der Waals surface area contributed by atoms with Crippen LogP contribution in [-0.4, -0.2) is 43.0 Å². The minimum atomic E-state index is 0.196. The minimum absolute atomic E-state index is 0.196. The van der Waals surface area contributed by atoms with Gasteiger partial charge in [0.1, 0.15) is 0 Å². The maximum absolute atomic E-state index is 11.8. The third kappa shape index (κ3) is 6.71. The maximum atomic E-state index is 11.8. The van der Waals surface area contributed by atoms with Gasteiger partial charge in [0.05, 0.1) is 0 Å². The molecule has 1 saturated carbocycles. The standard InChI is InChI=1S/C16H33N3O/c1-4-13(2)19(3)11-10-18-16(20)9-8-14-6-5-7-15(17)12-14/h13-15H,4-12,17H2,1-3H3,(H,18,20). The Morgan fingerprint density at radius 2 is 2.20 bits per heavy atom. The molecule has 0 aliphatic heterocycles. The van der Waals surface area contributed by atoms with Crippen molar-refractivity contribution in [1.82, 2.24) is 10.2 Å². The van der Waals surface area contributed by atoms with Gasteiger partial charge in [0.2, 0.25) is 5.91 Å². The van der Waals surface area contributed by atoms with E-state index in [1.54, 1.807) is 0 Å². The van der Waals surface area contributed by atoms with Crippen LogP contribution < -0.4 is 11.1 Å². The van der Waals surface area contributed by atoms with Crippen molar-refractivity contribution in [2.75, 3.05) is 20.1 Å². The van der Waals surface area contributed by atoms with Gasteiger partial charge in [0, 0.05) is 31.6 Å². The molecule has 1 aliphatic carbocycles. The van der Waals surface area contributed by atoms with Gasteiger partial charge in [0.15, 0.2) is 0 Å². The van der Waals surface area contributed by atoms with Crippen molar-refractivity contribution in [2.45, 2.75) is 70.9 Å². The van der Waals surface area contributed by atoms with Gasteiger partial charge in [-0.15, -0.1) is 0 Å². The molecule has 3 unspecified atom stereocenters. The van der Waals surface area contributed by atoms with E-state index in [1.807, 2.05) is 0 Å². The molecule has 0 aromatic carbocycles. The molecule has 3 atom stereocenters. The van der Waals surface area contributed by atoms with Crippen LogP contribution in [0.25, 0.3) is 0 Å². The second-order valence-electron chi connectivity index (χ2n) is 6.42. The van der Waals surface area contributed by atoms with Crippen LogP contribution in [0.3, 0.4) is 0 Å². The Morgan fingerprint density at radius 3 is 2.85 bits per heavy atom. The number of carbonyl (C=O) groups excluding carboxylic acids is 1. The second-order valence-corrected chi connectivity index (χ2v) is 6.42. The monoisotopic (exact) mass is 283 g/mol. The lowest BCUT2D eigenvalue weighted by Gasteiger charge is -2.26. The van der Waals surface area contributed by atoms with E-state index in [-0.39, 0.29) is 5.91 Å². The molecule has 0 heterocycles. The second kappa shape index (κ2) is 9.35. The average Bonchev–Trinajstić information content (AvgIpc) is 2.44. The highest BCUT2D eigenvalue weighted by Gasteiger charge is 2.19. The molecule has 0 aromatic rings. The maximum Gasteiger partial charge on any atom is 0.220 e. The van der Waals surface area contributed by atoms with Crippen LogP contribution >= 0.6 is 0 Å². The first-order valence-corrected chi connectivity index (χ1v) is 8.25. The van der Waals surface area contributed by atoms with E-state index in [9.17, 15) is 4.79 Å². The number of likely N-dealkylation sites (N-methyl/N-ethyl adjacent to an activating group) is 1. The predicted molar refractivity (Wildman–Crippen MR) is 84.6 cm³/mol. The Hall–Kier alpha value is -0.610. The molecular weight excluding hydrogens is 250 g/mol. The van der Waals surface area contributed by atoms with Gasteiger partial charge in [-0.05, 0) is 45.6 Å². The fourth-order valence-electron chi connectivity index (χ4n) is 2.92. The number of hydrogen-bond acceptors (Lipinski definition) is 3. The first-order valence-electron chi connectivity index (χ1n) is 8.25. The first-order chi connectivity index (χ1) is 9.52. The smallest absolute Gasteiger partial charge is 0.220 e. The highest BCUT2D eigenvalue weighted by molar-refractivity contribution is 5.75. The molecule has 1 fully saturated rings. The Labute approximate surface area is 124 Å². The number of amides is 1. The molecule has 1 aliphatic rings. The van der Waals surface area contributed by atoms with E-state index >= 15 is 0 Å². The predicted octanol–water partition coefficient (Wildman–Crippen LogP) is 2.13. The lowest BCUT2D eigenvalue weighted by Crippen LogP contribution is -2.37. The fraction of sp³-hybridized carbons (Fsp3) is 0.938.